The Morgan fingerprint density at radius 2 is 1.65 bits per heavy atom. The molecular weight excluding hydrogens is 348 g/mol. The molecule has 1 saturated carbocycles. The van der Waals surface area contributed by atoms with Crippen molar-refractivity contribution >= 4 is 34.8 Å². The Hall–Kier alpha value is -2.33. The number of halogens is 1. The molecule has 0 spiro atoms. The summed E-state index contributed by atoms with van der Waals surface area (Å²) in [6, 6.07) is 14.0. The van der Waals surface area contributed by atoms with Crippen LogP contribution in [0.4, 0.5) is 11.4 Å². The van der Waals surface area contributed by atoms with Gasteiger partial charge < -0.3 is 10.6 Å². The van der Waals surface area contributed by atoms with Crippen molar-refractivity contribution in [3.8, 4) is 0 Å². The van der Waals surface area contributed by atoms with E-state index < -0.39 is 0 Å². The highest BCUT2D eigenvalue weighted by Crippen LogP contribution is 2.28. The van der Waals surface area contributed by atoms with E-state index in [1.54, 1.807) is 36.4 Å². The molecule has 2 aromatic carbocycles. The van der Waals surface area contributed by atoms with Crippen molar-refractivity contribution in [1.82, 2.24) is 0 Å². The molecule has 136 valence electrons. The average molecular weight is 371 g/mol. The van der Waals surface area contributed by atoms with Gasteiger partial charge in [-0.2, -0.15) is 0 Å². The number of amides is 2. The van der Waals surface area contributed by atoms with Gasteiger partial charge in [-0.1, -0.05) is 49.4 Å². The molecule has 1 aliphatic rings. The van der Waals surface area contributed by atoms with Gasteiger partial charge in [0.25, 0.3) is 5.91 Å². The second-order valence-corrected chi connectivity index (χ2v) is 7.16. The Bertz CT molecular complexity index is 768. The molecule has 0 heterocycles. The average Bonchev–Trinajstić information content (AvgIpc) is 3.16. The summed E-state index contributed by atoms with van der Waals surface area (Å²) in [6.45, 7) is 0. The molecule has 0 bridgehead atoms. The topological polar surface area (TPSA) is 58.2 Å². The Labute approximate surface area is 158 Å². The van der Waals surface area contributed by atoms with E-state index in [2.05, 4.69) is 10.6 Å². The number of carbonyl (C=O) groups excluding carboxylic acids is 2. The first-order valence-electron chi connectivity index (χ1n) is 9.07. The van der Waals surface area contributed by atoms with Gasteiger partial charge in [0.15, 0.2) is 0 Å². The summed E-state index contributed by atoms with van der Waals surface area (Å²) in [5.74, 6) is 0.499. The molecule has 2 aromatic rings. The maximum absolute atomic E-state index is 12.3. The zero-order chi connectivity index (χ0) is 18.4. The molecule has 1 aliphatic carbocycles. The molecule has 2 amide bonds. The zero-order valence-corrected chi connectivity index (χ0v) is 15.4. The molecular formula is C21H23ClN2O2. The number of hydrogen-bond donors (Lipinski definition) is 2. The Morgan fingerprint density at radius 3 is 2.35 bits per heavy atom. The van der Waals surface area contributed by atoms with E-state index in [9.17, 15) is 9.59 Å². The fraction of sp³-hybridized carbons (Fsp3) is 0.333. The van der Waals surface area contributed by atoms with Crippen LogP contribution in [0.3, 0.4) is 0 Å². The second-order valence-electron chi connectivity index (χ2n) is 6.75. The van der Waals surface area contributed by atoms with E-state index in [-0.39, 0.29) is 11.8 Å². The molecule has 2 N–H and O–H groups in total. The molecule has 0 radical (unpaired) electrons. The Balaban J connectivity index is 1.51. The molecule has 0 atom stereocenters. The van der Waals surface area contributed by atoms with Crippen LogP contribution in [0.1, 0.15) is 48.9 Å². The third-order valence-electron chi connectivity index (χ3n) is 4.81. The van der Waals surface area contributed by atoms with E-state index in [0.717, 1.165) is 6.42 Å². The number of carbonyl (C=O) groups is 2. The van der Waals surface area contributed by atoms with Crippen LogP contribution >= 0.6 is 11.6 Å². The lowest BCUT2D eigenvalue weighted by atomic mass is 10.0. The molecule has 0 aromatic heterocycles. The van der Waals surface area contributed by atoms with Crippen molar-refractivity contribution in [2.45, 2.75) is 38.5 Å². The second kappa shape index (κ2) is 8.86. The van der Waals surface area contributed by atoms with Crippen molar-refractivity contribution in [2.75, 3.05) is 10.6 Å². The number of rotatable bonds is 6. The summed E-state index contributed by atoms with van der Waals surface area (Å²) >= 11 is 6.05. The molecule has 0 saturated heterocycles. The summed E-state index contributed by atoms with van der Waals surface area (Å²) in [4.78, 5) is 24.4. The molecule has 26 heavy (non-hydrogen) atoms. The number of nitrogens with one attached hydrogen (secondary N) is 2. The lowest BCUT2D eigenvalue weighted by Gasteiger charge is -2.10. The van der Waals surface area contributed by atoms with Crippen LogP contribution in [-0.4, -0.2) is 11.8 Å². The highest BCUT2D eigenvalue weighted by molar-refractivity contribution is 6.33. The first-order chi connectivity index (χ1) is 12.6. The quantitative estimate of drug-likeness (QED) is 0.705. The fourth-order valence-electron chi connectivity index (χ4n) is 3.32. The summed E-state index contributed by atoms with van der Waals surface area (Å²) < 4.78 is 0. The smallest absolute Gasteiger partial charge is 0.255 e. The number of anilines is 2. The van der Waals surface area contributed by atoms with Gasteiger partial charge in [0, 0.05) is 17.7 Å². The van der Waals surface area contributed by atoms with Crippen LogP contribution in [0, 0.1) is 5.92 Å². The lowest BCUT2D eigenvalue weighted by Crippen LogP contribution is -2.14. The van der Waals surface area contributed by atoms with Crippen LogP contribution < -0.4 is 10.6 Å². The standard InChI is InChI=1S/C21H23ClN2O2/c22-18-7-3-4-8-19(18)24-21(26)16-10-12-17(13-11-16)23-20(25)14-9-15-5-1-2-6-15/h3-4,7-8,10-13,15H,1-2,5-6,9,14H2,(H,23,25)(H,24,26). The lowest BCUT2D eigenvalue weighted by molar-refractivity contribution is -0.116. The molecule has 5 heteroatoms. The van der Waals surface area contributed by atoms with E-state index in [0.29, 0.717) is 34.3 Å². The first-order valence-corrected chi connectivity index (χ1v) is 9.45. The number of benzene rings is 2. The first kappa shape index (κ1) is 18.5. The van der Waals surface area contributed by atoms with E-state index in [4.69, 9.17) is 11.6 Å². The molecule has 1 fully saturated rings. The van der Waals surface area contributed by atoms with Gasteiger partial charge in [-0.3, -0.25) is 9.59 Å². The third kappa shape index (κ3) is 5.09. The molecule has 0 aliphatic heterocycles. The molecule has 3 rings (SSSR count). The van der Waals surface area contributed by atoms with Gasteiger partial charge in [0.05, 0.1) is 10.7 Å². The van der Waals surface area contributed by atoms with Gasteiger partial charge >= 0.3 is 0 Å². The van der Waals surface area contributed by atoms with E-state index in [1.807, 2.05) is 12.1 Å². The number of hydrogen-bond acceptors (Lipinski definition) is 2. The van der Waals surface area contributed by atoms with E-state index >= 15 is 0 Å². The third-order valence-corrected chi connectivity index (χ3v) is 5.14. The van der Waals surface area contributed by atoms with Gasteiger partial charge in [0.1, 0.15) is 0 Å². The van der Waals surface area contributed by atoms with Crippen LogP contribution in [0.15, 0.2) is 48.5 Å². The van der Waals surface area contributed by atoms with E-state index in [1.165, 1.54) is 25.7 Å². The van der Waals surface area contributed by atoms with Crippen LogP contribution in [0.5, 0.6) is 0 Å². The van der Waals surface area contributed by atoms with Crippen molar-refractivity contribution in [3.05, 3.63) is 59.1 Å². The van der Waals surface area contributed by atoms with Crippen LogP contribution in [0.25, 0.3) is 0 Å². The van der Waals surface area contributed by atoms with Gasteiger partial charge in [0.2, 0.25) is 5.91 Å². The minimum absolute atomic E-state index is 0.0326. The summed E-state index contributed by atoms with van der Waals surface area (Å²) in [5, 5.41) is 6.17. The largest absolute Gasteiger partial charge is 0.326 e. The Morgan fingerprint density at radius 1 is 0.962 bits per heavy atom. The van der Waals surface area contributed by atoms with Crippen molar-refractivity contribution < 1.29 is 9.59 Å². The van der Waals surface area contributed by atoms with Crippen molar-refractivity contribution in [3.63, 3.8) is 0 Å². The van der Waals surface area contributed by atoms with Gasteiger partial charge in [-0.25, -0.2) is 0 Å². The predicted octanol–water partition coefficient (Wildman–Crippen LogP) is 5.50. The minimum Gasteiger partial charge on any atom is -0.326 e. The molecule has 0 unspecified atom stereocenters. The summed E-state index contributed by atoms with van der Waals surface area (Å²) in [6.07, 6.45) is 6.61. The Kier molecular flexibility index (Phi) is 6.29. The number of para-hydroxylation sites is 1. The maximum atomic E-state index is 12.3. The SMILES string of the molecule is O=C(CCC1CCCC1)Nc1ccc(C(=O)Nc2ccccc2Cl)cc1. The van der Waals surface area contributed by atoms with Gasteiger partial charge in [-0.15, -0.1) is 0 Å². The van der Waals surface area contributed by atoms with Crippen LogP contribution in [0.2, 0.25) is 5.02 Å². The highest BCUT2D eigenvalue weighted by atomic mass is 35.5. The van der Waals surface area contributed by atoms with Crippen LogP contribution in [-0.2, 0) is 4.79 Å². The normalized spacial score (nSPS) is 14.2. The fourth-order valence-corrected chi connectivity index (χ4v) is 3.50. The summed E-state index contributed by atoms with van der Waals surface area (Å²) in [7, 11) is 0. The highest BCUT2D eigenvalue weighted by Gasteiger charge is 2.16. The van der Waals surface area contributed by atoms with Crippen molar-refractivity contribution in [1.29, 1.82) is 0 Å². The monoisotopic (exact) mass is 370 g/mol. The maximum Gasteiger partial charge on any atom is 0.255 e. The van der Waals surface area contributed by atoms with Gasteiger partial charge in [-0.05, 0) is 48.7 Å². The predicted molar refractivity (Wildman–Crippen MR) is 106 cm³/mol. The summed E-state index contributed by atoms with van der Waals surface area (Å²) in [5.41, 5.74) is 1.79. The zero-order valence-electron chi connectivity index (χ0n) is 14.6. The molecule has 4 nitrogen and oxygen atoms in total. The minimum atomic E-state index is -0.239. The van der Waals surface area contributed by atoms with Crippen molar-refractivity contribution in [2.24, 2.45) is 5.92 Å².